The molecule has 6 heterocycles. The summed E-state index contributed by atoms with van der Waals surface area (Å²) >= 11 is 21.9. The topological polar surface area (TPSA) is 264 Å². The van der Waals surface area contributed by atoms with Crippen LogP contribution >= 0.6 is 81.2 Å². The molecule has 6 aromatic rings. The maximum absolute atomic E-state index is 12.7. The van der Waals surface area contributed by atoms with E-state index in [4.69, 9.17) is 61.9 Å². The molecule has 16 nitrogen and oxygen atoms in total. The summed E-state index contributed by atoms with van der Waals surface area (Å²) < 4.78 is 38.1. The number of rotatable bonds is 20. The van der Waals surface area contributed by atoms with Gasteiger partial charge in [0.15, 0.2) is 0 Å². The van der Waals surface area contributed by atoms with Gasteiger partial charge in [-0.3, -0.25) is 48.2 Å². The standard InChI is InChI=1S/2C23H27ClN2O2S.C19H16ClF3N2O3S.C6H10O.C2H4O2.3CH4.ClH.Na/c2*1-14(16-3-2-4-16)26-10-9-19-21(13-26)29-20(22(19)23(25)28)12-18(27)11-15-5-7-17(24)8-6-15;20-11-3-1-10(2-4-11)7-12(26)8-14-16(17(24)27)13-5-6-25(9-15(13)29-14)18(28)19(21,22)23;1-5(7)6-3-2-4-6;1-2(3)4;;;;;/h2*5-8,14,16H,2-4,9-13H2,1H3,(H2,25,28);1-4H,5-9H2,(H2,24,27);6H,2-4H2,1H3;1H3,(H,3,4);3*1H4;1H;/q;;;;;;;;;+1/p-1. The molecule has 0 radical (unpaired) electrons. The molecule has 27 heteroatoms. The maximum atomic E-state index is 12.7. The molecule has 3 aromatic carbocycles. The number of amides is 4. The molecule has 2 atom stereocenters. The zero-order valence-corrected chi connectivity index (χ0v) is 64.4. The Hall–Kier alpha value is -5.34. The van der Waals surface area contributed by atoms with Gasteiger partial charge in [0, 0.05) is 140 Å². The van der Waals surface area contributed by atoms with E-state index in [0.717, 1.165) is 120 Å². The fraction of sp³-hybridized carbons (Fsp3) is 0.487. The van der Waals surface area contributed by atoms with Crippen LogP contribution in [0.15, 0.2) is 72.8 Å². The molecule has 3 fully saturated rings. The predicted molar refractivity (Wildman–Crippen MR) is 403 cm³/mol. The first-order chi connectivity index (χ1) is 46.4. The van der Waals surface area contributed by atoms with Gasteiger partial charge in [-0.15, -0.1) is 46.4 Å². The van der Waals surface area contributed by atoms with Crippen LogP contribution in [0, 0.1) is 17.8 Å². The average molecular weight is 1570 g/mol. The largest absolute Gasteiger partial charge is 1.00 e. The zero-order chi connectivity index (χ0) is 71.3. The Morgan fingerprint density at radius 3 is 1.01 bits per heavy atom. The second-order valence-electron chi connectivity index (χ2n) is 26.1. The minimum atomic E-state index is -4.96. The van der Waals surface area contributed by atoms with Crippen LogP contribution in [0.3, 0.4) is 0 Å². The molecule has 12 rings (SSSR count). The smallest absolute Gasteiger partial charge is 0.550 e. The quantitative estimate of drug-likeness (QED) is 0.0603. The number of ketones is 4. The van der Waals surface area contributed by atoms with Crippen LogP contribution in [0.1, 0.15) is 201 Å². The van der Waals surface area contributed by atoms with Gasteiger partial charge >= 0.3 is 41.6 Å². The molecule has 6 N–H and O–H groups in total. The molecule has 3 saturated carbocycles. The number of hydrogen-bond donors (Lipinski definition) is 3. The number of Topliss-reactive ketones (excluding diaryl/α,β-unsaturated/α-hetero) is 4. The number of carbonyl (C=O) groups excluding carboxylic acids is 9. The van der Waals surface area contributed by atoms with E-state index in [2.05, 4.69) is 23.6 Å². The first-order valence-corrected chi connectivity index (χ1v) is 36.6. The summed E-state index contributed by atoms with van der Waals surface area (Å²) in [6, 6.07) is 22.6. The van der Waals surface area contributed by atoms with Crippen LogP contribution in [-0.4, -0.2) is 105 Å². The fourth-order valence-corrected chi connectivity index (χ4v) is 17.8. The van der Waals surface area contributed by atoms with Crippen molar-refractivity contribution in [1.29, 1.82) is 0 Å². The normalized spacial score (nSPS) is 15.8. The van der Waals surface area contributed by atoms with Crippen molar-refractivity contribution < 1.29 is 91.0 Å². The van der Waals surface area contributed by atoms with Gasteiger partial charge in [-0.1, -0.05) is 113 Å². The summed E-state index contributed by atoms with van der Waals surface area (Å²) in [6.45, 7) is 10.5. The molecular formula is C76H96Cl4F3N6NaO10S3. The van der Waals surface area contributed by atoms with E-state index >= 15 is 0 Å². The van der Waals surface area contributed by atoms with Crippen molar-refractivity contribution in [1.82, 2.24) is 14.7 Å². The maximum Gasteiger partial charge on any atom is 1.00 e. The molecule has 0 spiro atoms. The molecule has 0 saturated heterocycles. The Kier molecular flexibility index (Phi) is 37.7. The van der Waals surface area contributed by atoms with Gasteiger partial charge in [-0.25, -0.2) is 0 Å². The van der Waals surface area contributed by atoms with Crippen LogP contribution in [0.5, 0.6) is 0 Å². The van der Waals surface area contributed by atoms with Crippen LogP contribution in [0.4, 0.5) is 13.2 Å². The number of carboxylic acids is 1. The number of aliphatic carboxylic acids is 1. The number of nitrogens with zero attached hydrogens (tertiary/aromatic N) is 3. The molecule has 103 heavy (non-hydrogen) atoms. The van der Waals surface area contributed by atoms with Gasteiger partial charge in [0.25, 0.3) is 0 Å². The number of benzene rings is 3. The Morgan fingerprint density at radius 2 is 0.777 bits per heavy atom. The van der Waals surface area contributed by atoms with Crippen LogP contribution in [-0.2, 0) is 106 Å². The Labute approximate surface area is 659 Å². The minimum Gasteiger partial charge on any atom is -0.550 e. The van der Waals surface area contributed by atoms with Gasteiger partial charge < -0.3 is 32.0 Å². The summed E-state index contributed by atoms with van der Waals surface area (Å²) in [5, 5.41) is 10.7. The second kappa shape index (κ2) is 42.3. The number of primary amides is 3. The van der Waals surface area contributed by atoms with Gasteiger partial charge in [0.05, 0.1) is 23.2 Å². The molecule has 0 bridgehead atoms. The van der Waals surface area contributed by atoms with E-state index < -0.39 is 35.8 Å². The molecule has 558 valence electrons. The van der Waals surface area contributed by atoms with Crippen LogP contribution < -0.4 is 51.9 Å². The summed E-state index contributed by atoms with van der Waals surface area (Å²) in [7, 11) is 0. The third-order valence-corrected chi connectivity index (χ3v) is 23.6. The fourth-order valence-electron chi connectivity index (χ4n) is 13.2. The van der Waals surface area contributed by atoms with Crippen LogP contribution in [0.2, 0.25) is 15.1 Å². The van der Waals surface area contributed by atoms with E-state index in [1.165, 1.54) is 54.7 Å². The van der Waals surface area contributed by atoms with Gasteiger partial charge in [0.1, 0.15) is 23.1 Å². The van der Waals surface area contributed by atoms with Crippen molar-refractivity contribution in [3.63, 3.8) is 0 Å². The predicted octanol–water partition coefficient (Wildman–Crippen LogP) is 11.6. The van der Waals surface area contributed by atoms with E-state index in [-0.39, 0.29) is 132 Å². The number of carboxylic acid groups (broad SMARTS) is 1. The molecule has 4 amide bonds. The monoisotopic (exact) mass is 1570 g/mol. The first-order valence-electron chi connectivity index (χ1n) is 33.0. The summed E-state index contributed by atoms with van der Waals surface area (Å²) in [5.41, 5.74) is 23.6. The molecule has 3 aliphatic carbocycles. The van der Waals surface area contributed by atoms with Crippen molar-refractivity contribution in [3.8, 4) is 0 Å². The van der Waals surface area contributed by atoms with Crippen molar-refractivity contribution in [2.24, 2.45) is 35.0 Å². The van der Waals surface area contributed by atoms with Crippen molar-refractivity contribution in [2.75, 3.05) is 19.6 Å². The number of nitrogens with two attached hydrogens (primary N) is 3. The number of carbonyl (C=O) groups is 9. The van der Waals surface area contributed by atoms with Crippen LogP contribution in [0.25, 0.3) is 0 Å². The molecule has 2 unspecified atom stereocenters. The first kappa shape index (κ1) is 91.9. The van der Waals surface area contributed by atoms with Crippen molar-refractivity contribution in [3.05, 3.63) is 167 Å². The number of alkyl halides is 3. The van der Waals surface area contributed by atoms with E-state index in [9.17, 15) is 51.5 Å². The number of halogens is 7. The van der Waals surface area contributed by atoms with Gasteiger partial charge in [-0.05, 0) is 167 Å². The molecule has 3 aliphatic heterocycles. The third-order valence-electron chi connectivity index (χ3n) is 19.2. The van der Waals surface area contributed by atoms with Crippen molar-refractivity contribution >= 4 is 134 Å². The van der Waals surface area contributed by atoms with E-state index in [1.54, 1.807) is 78.1 Å². The summed E-state index contributed by atoms with van der Waals surface area (Å²) in [5.74, 6) is -2.11. The average Bonchev–Trinajstić information content (AvgIpc) is 1.65. The Bertz CT molecular complexity index is 3740. The summed E-state index contributed by atoms with van der Waals surface area (Å²) in [6.07, 6.45) is 9.61. The molecule has 6 aliphatic rings. The van der Waals surface area contributed by atoms with Gasteiger partial charge in [0.2, 0.25) is 17.7 Å². The SMILES string of the molecule is C.C.C.CC(=O)C1CCC1.CC(=O)[O-].CC(C1CCC1)N1CCc2c(sc(CC(=O)Cc3ccc(Cl)cc3)c2C(N)=O)C1.CC(C1CCC1)N1CCc2c(sc(CC(=O)Cc3ccc(Cl)cc3)c2C(N)=O)C1.Cl.NC(=O)c1c(CC(=O)Cc2ccc(Cl)cc2)sc2c1CCN(C(=O)C(F)(F)F)C2.[Na+]. The van der Waals surface area contributed by atoms with E-state index in [0.29, 0.717) is 83.0 Å². The zero-order valence-electron chi connectivity index (χ0n) is 56.8. The second-order valence-corrected chi connectivity index (χ2v) is 30.9. The Balaban J connectivity index is 0.000000364. The van der Waals surface area contributed by atoms with Gasteiger partial charge in [-0.2, -0.15) is 13.2 Å². The van der Waals surface area contributed by atoms with Crippen molar-refractivity contribution in [2.45, 2.75) is 203 Å². The Morgan fingerprint density at radius 1 is 0.495 bits per heavy atom. The number of hydrogen-bond acceptors (Lipinski definition) is 15. The minimum absolute atomic E-state index is 0. The number of thiophene rings is 3. The third kappa shape index (κ3) is 25.7. The number of fused-ring (bicyclic) bond motifs is 3. The summed E-state index contributed by atoms with van der Waals surface area (Å²) in [4.78, 5) is 116. The van der Waals surface area contributed by atoms with E-state index in [1.807, 2.05) is 24.3 Å². The molecule has 3 aromatic heterocycles. The molecular weight excluding hydrogens is 1470 g/mol.